The maximum atomic E-state index is 11.0. The molecule has 0 atom stereocenters. The Hall–Kier alpha value is -0.790. The summed E-state index contributed by atoms with van der Waals surface area (Å²) in [4.78, 5) is 11.0. The van der Waals surface area contributed by atoms with Gasteiger partial charge in [-0.05, 0) is 19.3 Å². The molecule has 0 bridgehead atoms. The van der Waals surface area contributed by atoms with E-state index in [-0.39, 0.29) is 5.97 Å². The Balaban J connectivity index is 3.18. The standard InChI is InChI=1S/C14H26O2/c1-3-5-6-7-8-9-10-11-13-16-14(15)12-4-2/h10-11H,3-9,12-13H2,1-2H3/b11-10+. The van der Waals surface area contributed by atoms with Gasteiger partial charge in [-0.1, -0.05) is 51.7 Å². The highest BCUT2D eigenvalue weighted by Gasteiger charge is 1.96. The molecule has 0 aliphatic heterocycles. The van der Waals surface area contributed by atoms with Crippen molar-refractivity contribution in [3.8, 4) is 0 Å². The number of hydrogen-bond donors (Lipinski definition) is 0. The van der Waals surface area contributed by atoms with Gasteiger partial charge in [0, 0.05) is 6.42 Å². The fraction of sp³-hybridized carbons (Fsp3) is 0.786. The molecule has 0 unspecified atom stereocenters. The van der Waals surface area contributed by atoms with Crippen LogP contribution in [-0.2, 0) is 9.53 Å². The van der Waals surface area contributed by atoms with Gasteiger partial charge in [-0.15, -0.1) is 0 Å². The van der Waals surface area contributed by atoms with Crippen molar-refractivity contribution >= 4 is 5.97 Å². The minimum atomic E-state index is -0.0879. The SMILES string of the molecule is CCCCCCC/C=C/COC(=O)CCC. The summed E-state index contributed by atoms with van der Waals surface area (Å²) in [6, 6.07) is 0. The highest BCUT2D eigenvalue weighted by molar-refractivity contribution is 5.69. The molecule has 0 fully saturated rings. The van der Waals surface area contributed by atoms with Gasteiger partial charge in [0.1, 0.15) is 6.61 Å². The lowest BCUT2D eigenvalue weighted by Crippen LogP contribution is -2.02. The molecule has 2 nitrogen and oxygen atoms in total. The van der Waals surface area contributed by atoms with E-state index in [1.54, 1.807) is 0 Å². The molecular formula is C14H26O2. The van der Waals surface area contributed by atoms with E-state index in [0.29, 0.717) is 13.0 Å². The van der Waals surface area contributed by atoms with Gasteiger partial charge in [-0.3, -0.25) is 4.79 Å². The normalized spacial score (nSPS) is 10.9. The number of ether oxygens (including phenoxy) is 1. The van der Waals surface area contributed by atoms with Crippen molar-refractivity contribution in [2.45, 2.75) is 65.2 Å². The smallest absolute Gasteiger partial charge is 0.306 e. The third-order valence-electron chi connectivity index (χ3n) is 2.44. The fourth-order valence-electron chi connectivity index (χ4n) is 1.47. The van der Waals surface area contributed by atoms with Crippen LogP contribution in [0.15, 0.2) is 12.2 Å². The van der Waals surface area contributed by atoms with Crippen LogP contribution < -0.4 is 0 Å². The van der Waals surface area contributed by atoms with Gasteiger partial charge in [0.05, 0.1) is 0 Å². The number of esters is 1. The minimum Gasteiger partial charge on any atom is -0.461 e. The zero-order valence-electron chi connectivity index (χ0n) is 10.8. The summed E-state index contributed by atoms with van der Waals surface area (Å²) in [5.41, 5.74) is 0. The van der Waals surface area contributed by atoms with Crippen molar-refractivity contribution in [3.63, 3.8) is 0 Å². The van der Waals surface area contributed by atoms with Crippen LogP contribution in [0.25, 0.3) is 0 Å². The van der Waals surface area contributed by atoms with Crippen molar-refractivity contribution in [1.29, 1.82) is 0 Å². The molecule has 0 spiro atoms. The van der Waals surface area contributed by atoms with Crippen LogP contribution in [0.5, 0.6) is 0 Å². The van der Waals surface area contributed by atoms with Gasteiger partial charge < -0.3 is 4.74 Å². The first-order valence-electron chi connectivity index (χ1n) is 6.61. The summed E-state index contributed by atoms with van der Waals surface area (Å²) in [6.07, 6.45) is 13.1. The number of carbonyl (C=O) groups excluding carboxylic acids is 1. The molecule has 0 saturated heterocycles. The molecule has 0 aliphatic carbocycles. The van der Waals surface area contributed by atoms with Gasteiger partial charge in [0.25, 0.3) is 0 Å². The van der Waals surface area contributed by atoms with Crippen molar-refractivity contribution in [1.82, 2.24) is 0 Å². The van der Waals surface area contributed by atoms with Crippen LogP contribution in [-0.4, -0.2) is 12.6 Å². The molecule has 94 valence electrons. The van der Waals surface area contributed by atoms with Crippen LogP contribution in [0.2, 0.25) is 0 Å². The van der Waals surface area contributed by atoms with Crippen molar-refractivity contribution in [2.75, 3.05) is 6.61 Å². The third-order valence-corrected chi connectivity index (χ3v) is 2.44. The van der Waals surface area contributed by atoms with Crippen molar-refractivity contribution in [2.24, 2.45) is 0 Å². The summed E-state index contributed by atoms with van der Waals surface area (Å²) in [6.45, 7) is 4.64. The van der Waals surface area contributed by atoms with Gasteiger partial charge in [-0.2, -0.15) is 0 Å². The largest absolute Gasteiger partial charge is 0.461 e. The van der Waals surface area contributed by atoms with Crippen LogP contribution in [0.1, 0.15) is 65.2 Å². The van der Waals surface area contributed by atoms with Crippen molar-refractivity contribution < 1.29 is 9.53 Å². The van der Waals surface area contributed by atoms with E-state index < -0.39 is 0 Å². The summed E-state index contributed by atoms with van der Waals surface area (Å²) < 4.78 is 5.00. The molecular weight excluding hydrogens is 200 g/mol. The van der Waals surface area contributed by atoms with E-state index in [4.69, 9.17) is 4.74 Å². The average molecular weight is 226 g/mol. The van der Waals surface area contributed by atoms with Crippen LogP contribution >= 0.6 is 0 Å². The Morgan fingerprint density at radius 3 is 2.44 bits per heavy atom. The predicted molar refractivity (Wildman–Crippen MR) is 68.4 cm³/mol. The summed E-state index contributed by atoms with van der Waals surface area (Å²) in [7, 11) is 0. The maximum absolute atomic E-state index is 11.0. The van der Waals surface area contributed by atoms with Gasteiger partial charge in [-0.25, -0.2) is 0 Å². The summed E-state index contributed by atoms with van der Waals surface area (Å²) in [5.74, 6) is -0.0879. The Kier molecular flexibility index (Phi) is 11.7. The second kappa shape index (κ2) is 12.3. The molecule has 0 amide bonds. The van der Waals surface area contributed by atoms with Crippen LogP contribution in [0, 0.1) is 0 Å². The zero-order chi connectivity index (χ0) is 12.1. The third kappa shape index (κ3) is 11.3. The quantitative estimate of drug-likeness (QED) is 0.316. The summed E-state index contributed by atoms with van der Waals surface area (Å²) in [5, 5.41) is 0. The van der Waals surface area contributed by atoms with E-state index in [9.17, 15) is 4.79 Å². The molecule has 0 aromatic heterocycles. The van der Waals surface area contributed by atoms with Gasteiger partial charge >= 0.3 is 5.97 Å². The first-order chi connectivity index (χ1) is 7.81. The monoisotopic (exact) mass is 226 g/mol. The second-order valence-corrected chi connectivity index (χ2v) is 4.11. The first kappa shape index (κ1) is 15.2. The molecule has 0 aliphatic rings. The maximum Gasteiger partial charge on any atom is 0.306 e. The van der Waals surface area contributed by atoms with Crippen molar-refractivity contribution in [3.05, 3.63) is 12.2 Å². The topological polar surface area (TPSA) is 26.3 Å². The molecule has 0 rings (SSSR count). The lowest BCUT2D eigenvalue weighted by molar-refractivity contribution is -0.142. The number of rotatable bonds is 10. The lowest BCUT2D eigenvalue weighted by Gasteiger charge is -1.99. The highest BCUT2D eigenvalue weighted by Crippen LogP contribution is 2.05. The molecule has 0 aromatic carbocycles. The molecule has 16 heavy (non-hydrogen) atoms. The zero-order valence-corrected chi connectivity index (χ0v) is 10.8. The van der Waals surface area contributed by atoms with E-state index in [2.05, 4.69) is 13.0 Å². The Morgan fingerprint density at radius 1 is 1.00 bits per heavy atom. The first-order valence-corrected chi connectivity index (χ1v) is 6.61. The lowest BCUT2D eigenvalue weighted by atomic mass is 10.1. The number of hydrogen-bond acceptors (Lipinski definition) is 2. The van der Waals surface area contributed by atoms with E-state index in [0.717, 1.165) is 12.8 Å². The second-order valence-electron chi connectivity index (χ2n) is 4.11. The van der Waals surface area contributed by atoms with E-state index >= 15 is 0 Å². The van der Waals surface area contributed by atoms with Crippen LogP contribution in [0.3, 0.4) is 0 Å². The van der Waals surface area contributed by atoms with Gasteiger partial charge in [0.15, 0.2) is 0 Å². The molecule has 0 heterocycles. The average Bonchev–Trinajstić information content (AvgIpc) is 2.27. The molecule has 0 N–H and O–H groups in total. The highest BCUT2D eigenvalue weighted by atomic mass is 16.5. The Bertz CT molecular complexity index is 185. The molecule has 0 radical (unpaired) electrons. The molecule has 0 saturated carbocycles. The Morgan fingerprint density at radius 2 is 1.75 bits per heavy atom. The van der Waals surface area contributed by atoms with Gasteiger partial charge in [0.2, 0.25) is 0 Å². The number of carbonyl (C=O) groups is 1. The van der Waals surface area contributed by atoms with Crippen LogP contribution in [0.4, 0.5) is 0 Å². The molecule has 0 aromatic rings. The predicted octanol–water partition coefficient (Wildman–Crippen LogP) is 4.25. The van der Waals surface area contributed by atoms with E-state index in [1.165, 1.54) is 32.1 Å². The number of unbranched alkanes of at least 4 members (excludes halogenated alkanes) is 5. The number of allylic oxidation sites excluding steroid dienone is 1. The van der Waals surface area contributed by atoms with E-state index in [1.807, 2.05) is 13.0 Å². The minimum absolute atomic E-state index is 0.0879. The Labute approximate surface area is 100 Å². The molecule has 2 heteroatoms. The fourth-order valence-corrected chi connectivity index (χ4v) is 1.47. The summed E-state index contributed by atoms with van der Waals surface area (Å²) >= 11 is 0.